The van der Waals surface area contributed by atoms with Crippen LogP contribution in [0.3, 0.4) is 0 Å². The standard InChI is InChI=1S/C22H21N3O2S/c1-4-13-26-17-11-9-16(10-12-17)22(2)14-15-7-5-6-8-18(15)19-20(27-22)23-21(28-3)25-24-19/h4-12H,1,13-14H2,2-3H3. The molecule has 142 valence electrons. The van der Waals surface area contributed by atoms with Crippen LogP contribution in [0.2, 0.25) is 0 Å². The van der Waals surface area contributed by atoms with Crippen molar-refractivity contribution < 1.29 is 9.47 Å². The number of thioether (sulfide) groups is 1. The quantitative estimate of drug-likeness (QED) is 0.465. The number of nitrogens with zero attached hydrogens (tertiary/aromatic N) is 3. The Balaban J connectivity index is 1.78. The number of hydrogen-bond donors (Lipinski definition) is 0. The third-order valence-electron chi connectivity index (χ3n) is 4.77. The Bertz CT molecular complexity index is 1010. The fraction of sp³-hybridized carbons (Fsp3) is 0.227. The van der Waals surface area contributed by atoms with Gasteiger partial charge in [-0.25, -0.2) is 0 Å². The highest BCUT2D eigenvalue weighted by Crippen LogP contribution is 2.41. The van der Waals surface area contributed by atoms with E-state index in [1.165, 1.54) is 11.8 Å². The Kier molecular flexibility index (Phi) is 5.05. The molecule has 6 heteroatoms. The van der Waals surface area contributed by atoms with E-state index in [9.17, 15) is 0 Å². The van der Waals surface area contributed by atoms with Gasteiger partial charge in [0.2, 0.25) is 11.0 Å². The summed E-state index contributed by atoms with van der Waals surface area (Å²) in [5.74, 6) is 1.31. The third kappa shape index (κ3) is 3.47. The molecule has 2 heterocycles. The summed E-state index contributed by atoms with van der Waals surface area (Å²) in [4.78, 5) is 4.60. The van der Waals surface area contributed by atoms with E-state index in [4.69, 9.17) is 9.47 Å². The van der Waals surface area contributed by atoms with Gasteiger partial charge in [-0.15, -0.1) is 10.2 Å². The topological polar surface area (TPSA) is 57.1 Å². The van der Waals surface area contributed by atoms with Gasteiger partial charge in [0.05, 0.1) is 0 Å². The van der Waals surface area contributed by atoms with Crippen LogP contribution in [0.1, 0.15) is 18.1 Å². The Morgan fingerprint density at radius 2 is 1.96 bits per heavy atom. The van der Waals surface area contributed by atoms with Crippen LogP contribution in [0.4, 0.5) is 0 Å². The molecule has 4 rings (SSSR count). The van der Waals surface area contributed by atoms with Crippen molar-refractivity contribution >= 4 is 11.8 Å². The highest BCUT2D eigenvalue weighted by Gasteiger charge is 2.36. The number of rotatable bonds is 5. The average molecular weight is 391 g/mol. The lowest BCUT2D eigenvalue weighted by Gasteiger charge is -2.29. The van der Waals surface area contributed by atoms with E-state index in [1.54, 1.807) is 6.08 Å². The van der Waals surface area contributed by atoms with Crippen molar-refractivity contribution in [2.45, 2.75) is 24.1 Å². The highest BCUT2D eigenvalue weighted by atomic mass is 32.2. The van der Waals surface area contributed by atoms with Gasteiger partial charge in [0.1, 0.15) is 18.0 Å². The lowest BCUT2D eigenvalue weighted by molar-refractivity contribution is 0.0826. The molecule has 1 aliphatic rings. The molecule has 1 atom stereocenters. The smallest absolute Gasteiger partial charge is 0.246 e. The minimum absolute atomic E-state index is 0.480. The van der Waals surface area contributed by atoms with Crippen LogP contribution < -0.4 is 9.47 Å². The van der Waals surface area contributed by atoms with E-state index in [2.05, 4.69) is 34.8 Å². The van der Waals surface area contributed by atoms with E-state index in [0.29, 0.717) is 29.8 Å². The summed E-state index contributed by atoms with van der Waals surface area (Å²) in [5.41, 5.74) is 3.31. The summed E-state index contributed by atoms with van der Waals surface area (Å²) >= 11 is 1.45. The molecule has 1 unspecified atom stereocenters. The Morgan fingerprint density at radius 3 is 2.71 bits per heavy atom. The van der Waals surface area contributed by atoms with Crippen LogP contribution in [0.5, 0.6) is 11.6 Å². The van der Waals surface area contributed by atoms with E-state index >= 15 is 0 Å². The Morgan fingerprint density at radius 1 is 1.18 bits per heavy atom. The van der Waals surface area contributed by atoms with E-state index in [-0.39, 0.29) is 0 Å². The monoisotopic (exact) mass is 391 g/mol. The molecular formula is C22H21N3O2S. The fourth-order valence-electron chi connectivity index (χ4n) is 3.36. The molecule has 0 radical (unpaired) electrons. The van der Waals surface area contributed by atoms with Crippen LogP contribution >= 0.6 is 11.8 Å². The largest absolute Gasteiger partial charge is 0.490 e. The molecule has 0 spiro atoms. The molecule has 2 aromatic carbocycles. The second-order valence-corrected chi connectivity index (χ2v) is 7.52. The number of hydrogen-bond acceptors (Lipinski definition) is 6. The fourth-order valence-corrected chi connectivity index (χ4v) is 3.66. The predicted molar refractivity (Wildman–Crippen MR) is 111 cm³/mol. The molecule has 0 bridgehead atoms. The first-order chi connectivity index (χ1) is 13.6. The minimum atomic E-state index is -0.593. The van der Waals surface area contributed by atoms with E-state index < -0.39 is 5.60 Å². The zero-order chi connectivity index (χ0) is 19.6. The van der Waals surface area contributed by atoms with Crippen LogP contribution in [0.25, 0.3) is 11.3 Å². The Labute approximate surface area is 168 Å². The van der Waals surface area contributed by atoms with Crippen LogP contribution in [0, 0.1) is 0 Å². The number of fused-ring (bicyclic) bond motifs is 3. The molecule has 1 aromatic heterocycles. The van der Waals surface area contributed by atoms with Gasteiger partial charge in [-0.2, -0.15) is 4.98 Å². The third-order valence-corrected chi connectivity index (χ3v) is 5.31. The van der Waals surface area contributed by atoms with Gasteiger partial charge in [-0.05, 0) is 36.4 Å². The van der Waals surface area contributed by atoms with Gasteiger partial charge in [-0.1, -0.05) is 60.8 Å². The second kappa shape index (κ2) is 7.64. The molecule has 0 fully saturated rings. The zero-order valence-corrected chi connectivity index (χ0v) is 16.7. The summed E-state index contributed by atoms with van der Waals surface area (Å²) in [6, 6.07) is 16.2. The van der Waals surface area contributed by atoms with Crippen molar-refractivity contribution in [3.8, 4) is 22.9 Å². The van der Waals surface area contributed by atoms with Gasteiger partial charge in [0.15, 0.2) is 5.69 Å². The molecule has 28 heavy (non-hydrogen) atoms. The maximum atomic E-state index is 6.49. The predicted octanol–water partition coefficient (Wildman–Crippen LogP) is 4.68. The SMILES string of the molecule is C=CCOc1ccc(C2(C)Cc3ccccc3-c3nnc(SC)nc3O2)cc1. The molecule has 0 saturated carbocycles. The normalized spacial score (nSPS) is 17.6. The molecule has 0 amide bonds. The van der Waals surface area contributed by atoms with Crippen LogP contribution in [-0.4, -0.2) is 28.0 Å². The van der Waals surface area contributed by atoms with E-state index in [0.717, 1.165) is 22.4 Å². The molecule has 3 aromatic rings. The molecule has 5 nitrogen and oxygen atoms in total. The molecule has 0 aliphatic carbocycles. The van der Waals surface area contributed by atoms with Gasteiger partial charge in [-0.3, -0.25) is 0 Å². The summed E-state index contributed by atoms with van der Waals surface area (Å²) in [6.45, 7) is 6.24. The lowest BCUT2D eigenvalue weighted by atomic mass is 9.87. The van der Waals surface area contributed by atoms with Gasteiger partial charge in [0.25, 0.3) is 0 Å². The van der Waals surface area contributed by atoms with Gasteiger partial charge in [0, 0.05) is 12.0 Å². The number of aromatic nitrogens is 3. The average Bonchev–Trinajstić information content (AvgIpc) is 2.85. The summed E-state index contributed by atoms with van der Waals surface area (Å²) in [6.07, 6.45) is 4.35. The van der Waals surface area contributed by atoms with E-state index in [1.807, 2.05) is 48.7 Å². The van der Waals surface area contributed by atoms with Crippen molar-refractivity contribution in [1.82, 2.24) is 15.2 Å². The minimum Gasteiger partial charge on any atom is -0.490 e. The maximum absolute atomic E-state index is 6.49. The first-order valence-corrected chi connectivity index (χ1v) is 10.3. The van der Waals surface area contributed by atoms with Gasteiger partial charge < -0.3 is 9.47 Å². The van der Waals surface area contributed by atoms with Crippen molar-refractivity contribution in [2.24, 2.45) is 0 Å². The van der Waals surface area contributed by atoms with Crippen LogP contribution in [-0.2, 0) is 12.0 Å². The molecule has 1 aliphatic heterocycles. The molecule has 0 saturated heterocycles. The lowest BCUT2D eigenvalue weighted by Crippen LogP contribution is -2.32. The van der Waals surface area contributed by atoms with Crippen molar-refractivity contribution in [2.75, 3.05) is 12.9 Å². The number of ether oxygens (including phenoxy) is 2. The van der Waals surface area contributed by atoms with Crippen molar-refractivity contribution in [3.05, 3.63) is 72.3 Å². The van der Waals surface area contributed by atoms with Crippen molar-refractivity contribution in [1.29, 1.82) is 0 Å². The number of benzene rings is 2. The summed E-state index contributed by atoms with van der Waals surface area (Å²) in [5, 5.41) is 9.21. The highest BCUT2D eigenvalue weighted by molar-refractivity contribution is 7.98. The maximum Gasteiger partial charge on any atom is 0.246 e. The molecular weight excluding hydrogens is 370 g/mol. The van der Waals surface area contributed by atoms with Crippen LogP contribution in [0.15, 0.2) is 66.3 Å². The second-order valence-electron chi connectivity index (χ2n) is 6.74. The van der Waals surface area contributed by atoms with Gasteiger partial charge >= 0.3 is 0 Å². The first-order valence-electron chi connectivity index (χ1n) is 9.03. The molecule has 0 N–H and O–H groups in total. The summed E-state index contributed by atoms with van der Waals surface area (Å²) < 4.78 is 12.1. The zero-order valence-electron chi connectivity index (χ0n) is 15.9. The summed E-state index contributed by atoms with van der Waals surface area (Å²) in [7, 11) is 0. The Hall–Kier alpha value is -2.86. The van der Waals surface area contributed by atoms with Crippen molar-refractivity contribution in [3.63, 3.8) is 0 Å². The first kappa shape index (κ1) is 18.5.